The van der Waals surface area contributed by atoms with E-state index in [0.717, 1.165) is 28.0 Å². The highest BCUT2D eigenvalue weighted by Crippen LogP contribution is 2.51. The molecule has 3 aromatic carbocycles. The number of ether oxygens (including phenoxy) is 2. The van der Waals surface area contributed by atoms with Crippen LogP contribution in [0.5, 0.6) is 5.75 Å². The van der Waals surface area contributed by atoms with Gasteiger partial charge in [0.2, 0.25) is 5.95 Å². The third-order valence-electron chi connectivity index (χ3n) is 6.40. The number of nitrogens with zero attached hydrogens (tertiary/aromatic N) is 3. The molecule has 2 aliphatic heterocycles. The molecule has 174 valence electrons. The molecule has 6 rings (SSSR count). The minimum absolute atomic E-state index is 0.345. The van der Waals surface area contributed by atoms with Crippen molar-refractivity contribution in [3.05, 3.63) is 112 Å². The summed E-state index contributed by atoms with van der Waals surface area (Å²) in [6, 6.07) is 19.1. The van der Waals surface area contributed by atoms with Gasteiger partial charge in [0.05, 0.1) is 18.4 Å². The average molecular weight is 468 g/mol. The van der Waals surface area contributed by atoms with Gasteiger partial charge in [0, 0.05) is 16.7 Å². The van der Waals surface area contributed by atoms with Crippen LogP contribution in [0, 0.1) is 12.7 Å². The molecule has 2 aliphatic rings. The van der Waals surface area contributed by atoms with Gasteiger partial charge in [-0.05, 0) is 42.8 Å². The van der Waals surface area contributed by atoms with Crippen LogP contribution in [-0.2, 0) is 4.74 Å². The van der Waals surface area contributed by atoms with Gasteiger partial charge in [-0.2, -0.15) is 10.1 Å². The van der Waals surface area contributed by atoms with Crippen molar-refractivity contribution in [2.45, 2.75) is 19.1 Å². The Kier molecular flexibility index (Phi) is 4.88. The number of carbonyl (C=O) groups excluding carboxylic acids is 1. The summed E-state index contributed by atoms with van der Waals surface area (Å²) >= 11 is 0. The van der Waals surface area contributed by atoms with Crippen LogP contribution in [0.4, 0.5) is 10.3 Å². The van der Waals surface area contributed by atoms with E-state index in [4.69, 9.17) is 9.47 Å². The standard InChI is InChI=1S/C27H21FN4O3/c1-15-7-12-21-19(13-15)23-22(25(35-21)16-8-10-17(11-9-16)26(33)34-2)24(18-5-3-4-6-20(18)28)32-27(31-23)29-14-30-32/h3-14,24-25H,1-2H3,(H,29,30,31)/t24-,25+/m0/s1. The van der Waals surface area contributed by atoms with Crippen molar-refractivity contribution in [2.24, 2.45) is 0 Å². The molecule has 3 heterocycles. The quantitative estimate of drug-likeness (QED) is 0.423. The van der Waals surface area contributed by atoms with Gasteiger partial charge in [-0.1, -0.05) is 42.0 Å². The molecule has 0 amide bonds. The molecular weight excluding hydrogens is 447 g/mol. The first-order chi connectivity index (χ1) is 17.0. The SMILES string of the molecule is COC(=O)c1ccc([C@H]2Oc3ccc(C)cc3C3=C2[C@H](c2ccccc2F)n2ncnc2N3)cc1. The van der Waals surface area contributed by atoms with Crippen molar-refractivity contribution in [1.29, 1.82) is 0 Å². The van der Waals surface area contributed by atoms with Gasteiger partial charge in [-0.3, -0.25) is 0 Å². The molecule has 0 saturated carbocycles. The van der Waals surface area contributed by atoms with Crippen LogP contribution in [0.1, 0.15) is 44.8 Å². The first-order valence-corrected chi connectivity index (χ1v) is 11.2. The number of aromatic nitrogens is 3. The van der Waals surface area contributed by atoms with E-state index in [9.17, 15) is 4.79 Å². The number of hydrogen-bond donors (Lipinski definition) is 1. The number of nitrogens with one attached hydrogen (secondary N) is 1. The molecule has 0 radical (unpaired) electrons. The molecule has 0 fully saturated rings. The van der Waals surface area contributed by atoms with E-state index in [0.29, 0.717) is 22.8 Å². The third-order valence-corrected chi connectivity index (χ3v) is 6.40. The predicted octanol–water partition coefficient (Wildman–Crippen LogP) is 5.07. The summed E-state index contributed by atoms with van der Waals surface area (Å²) in [5.41, 5.74) is 5.26. The van der Waals surface area contributed by atoms with Crippen molar-refractivity contribution in [1.82, 2.24) is 14.8 Å². The molecule has 1 N–H and O–H groups in total. The Hall–Kier alpha value is -4.46. The van der Waals surface area contributed by atoms with Gasteiger partial charge in [-0.25, -0.2) is 13.9 Å². The normalized spacial score (nSPS) is 18.0. The summed E-state index contributed by atoms with van der Waals surface area (Å²) in [6.45, 7) is 2.01. The number of halogens is 1. The largest absolute Gasteiger partial charge is 0.480 e. The monoisotopic (exact) mass is 468 g/mol. The zero-order chi connectivity index (χ0) is 24.1. The summed E-state index contributed by atoms with van der Waals surface area (Å²) in [4.78, 5) is 16.4. The Labute approximate surface area is 200 Å². The van der Waals surface area contributed by atoms with Gasteiger partial charge in [-0.15, -0.1) is 0 Å². The number of esters is 1. The van der Waals surface area contributed by atoms with E-state index in [-0.39, 0.29) is 5.82 Å². The zero-order valence-corrected chi connectivity index (χ0v) is 19.0. The number of rotatable bonds is 3. The Morgan fingerprint density at radius 2 is 1.91 bits per heavy atom. The zero-order valence-electron chi connectivity index (χ0n) is 19.0. The Bertz CT molecular complexity index is 1490. The van der Waals surface area contributed by atoms with Crippen molar-refractivity contribution in [3.8, 4) is 5.75 Å². The molecule has 35 heavy (non-hydrogen) atoms. The van der Waals surface area contributed by atoms with E-state index in [1.54, 1.807) is 35.0 Å². The Morgan fingerprint density at radius 3 is 2.69 bits per heavy atom. The molecule has 1 aromatic heterocycles. The second-order valence-electron chi connectivity index (χ2n) is 8.52. The van der Waals surface area contributed by atoms with Crippen molar-refractivity contribution < 1.29 is 18.7 Å². The molecular formula is C27H21FN4O3. The first-order valence-electron chi connectivity index (χ1n) is 11.2. The number of carbonyl (C=O) groups is 1. The third kappa shape index (κ3) is 3.37. The topological polar surface area (TPSA) is 78.3 Å². The number of fused-ring (bicyclic) bond motifs is 3. The lowest BCUT2D eigenvalue weighted by atomic mass is 9.84. The van der Waals surface area contributed by atoms with E-state index in [1.807, 2.05) is 37.3 Å². The van der Waals surface area contributed by atoms with Crippen molar-refractivity contribution in [3.63, 3.8) is 0 Å². The van der Waals surface area contributed by atoms with Gasteiger partial charge in [0.15, 0.2) is 0 Å². The van der Waals surface area contributed by atoms with Crippen LogP contribution in [-0.4, -0.2) is 27.8 Å². The molecule has 7 nitrogen and oxygen atoms in total. The summed E-state index contributed by atoms with van der Waals surface area (Å²) in [6.07, 6.45) is 0.883. The van der Waals surface area contributed by atoms with E-state index >= 15 is 4.39 Å². The maximum atomic E-state index is 15.2. The van der Waals surface area contributed by atoms with Crippen LogP contribution >= 0.6 is 0 Å². The average Bonchev–Trinajstić information content (AvgIpc) is 3.36. The lowest BCUT2D eigenvalue weighted by molar-refractivity contribution is 0.0600. The van der Waals surface area contributed by atoms with Crippen LogP contribution in [0.3, 0.4) is 0 Å². The fourth-order valence-corrected chi connectivity index (χ4v) is 4.77. The second kappa shape index (κ2) is 8.09. The van der Waals surface area contributed by atoms with E-state index < -0.39 is 18.1 Å². The van der Waals surface area contributed by atoms with E-state index in [2.05, 4.69) is 15.4 Å². The number of hydrogen-bond acceptors (Lipinski definition) is 6. The Morgan fingerprint density at radius 1 is 1.11 bits per heavy atom. The molecule has 0 saturated heterocycles. The molecule has 8 heteroatoms. The summed E-state index contributed by atoms with van der Waals surface area (Å²) in [5.74, 6) is 0.454. The van der Waals surface area contributed by atoms with Gasteiger partial charge in [0.25, 0.3) is 0 Å². The molecule has 4 aromatic rings. The molecule has 0 unspecified atom stereocenters. The number of methoxy groups -OCH3 is 1. The molecule has 0 spiro atoms. The first kappa shape index (κ1) is 21.1. The number of aryl methyl sites for hydroxylation is 1. The summed E-state index contributed by atoms with van der Waals surface area (Å²) in [5, 5.41) is 7.83. The van der Waals surface area contributed by atoms with Crippen LogP contribution in [0.2, 0.25) is 0 Å². The predicted molar refractivity (Wildman–Crippen MR) is 127 cm³/mol. The van der Waals surface area contributed by atoms with Crippen LogP contribution in [0.15, 0.2) is 78.6 Å². The highest BCUT2D eigenvalue weighted by molar-refractivity contribution is 5.89. The van der Waals surface area contributed by atoms with Crippen LogP contribution in [0.25, 0.3) is 5.70 Å². The van der Waals surface area contributed by atoms with Gasteiger partial charge >= 0.3 is 5.97 Å². The molecule has 0 bridgehead atoms. The fraction of sp³-hybridized carbons (Fsp3) is 0.148. The Balaban J connectivity index is 1.59. The minimum Gasteiger partial charge on any atom is -0.480 e. The summed E-state index contributed by atoms with van der Waals surface area (Å²) < 4.78 is 28.3. The highest BCUT2D eigenvalue weighted by Gasteiger charge is 2.41. The fourth-order valence-electron chi connectivity index (χ4n) is 4.77. The lowest BCUT2D eigenvalue weighted by Crippen LogP contribution is -2.33. The van der Waals surface area contributed by atoms with Gasteiger partial charge in [0.1, 0.15) is 30.0 Å². The maximum Gasteiger partial charge on any atom is 0.337 e. The smallest absolute Gasteiger partial charge is 0.337 e. The lowest BCUT2D eigenvalue weighted by Gasteiger charge is -2.39. The maximum absolute atomic E-state index is 15.2. The number of anilines is 1. The number of benzene rings is 3. The van der Waals surface area contributed by atoms with E-state index in [1.165, 1.54) is 19.5 Å². The molecule has 2 atom stereocenters. The van der Waals surface area contributed by atoms with Gasteiger partial charge < -0.3 is 14.8 Å². The second-order valence-corrected chi connectivity index (χ2v) is 8.52. The van der Waals surface area contributed by atoms with Crippen molar-refractivity contribution in [2.75, 3.05) is 12.4 Å². The summed E-state index contributed by atoms with van der Waals surface area (Å²) in [7, 11) is 1.35. The molecule has 0 aliphatic carbocycles. The van der Waals surface area contributed by atoms with Crippen molar-refractivity contribution >= 4 is 17.6 Å². The highest BCUT2D eigenvalue weighted by atomic mass is 19.1. The minimum atomic E-state index is -0.594. The van der Waals surface area contributed by atoms with Crippen LogP contribution < -0.4 is 10.1 Å².